The van der Waals surface area contributed by atoms with Crippen LogP contribution in [0.4, 0.5) is 0 Å². The Labute approximate surface area is 122 Å². The lowest BCUT2D eigenvalue weighted by Crippen LogP contribution is -2.21. The Morgan fingerprint density at radius 1 is 1.15 bits per heavy atom. The predicted octanol–water partition coefficient (Wildman–Crippen LogP) is 3.55. The van der Waals surface area contributed by atoms with Crippen LogP contribution in [0.15, 0.2) is 36.8 Å². The third kappa shape index (κ3) is 3.70. The lowest BCUT2D eigenvalue weighted by molar-refractivity contribution is 0.525. The summed E-state index contributed by atoms with van der Waals surface area (Å²) in [4.78, 5) is 4.31. The molecule has 0 spiro atoms. The molecule has 0 saturated heterocycles. The van der Waals surface area contributed by atoms with Gasteiger partial charge in [-0.1, -0.05) is 43.7 Å². The van der Waals surface area contributed by atoms with Gasteiger partial charge in [0.1, 0.15) is 0 Å². The van der Waals surface area contributed by atoms with Crippen LogP contribution in [0.3, 0.4) is 0 Å². The number of nitrogens with one attached hydrogen (secondary N) is 1. The minimum atomic E-state index is 0.314. The number of aryl methyl sites for hydroxylation is 1. The van der Waals surface area contributed by atoms with Crippen molar-refractivity contribution in [1.82, 2.24) is 14.9 Å². The van der Waals surface area contributed by atoms with Gasteiger partial charge in [-0.05, 0) is 31.9 Å². The van der Waals surface area contributed by atoms with Crippen LogP contribution >= 0.6 is 0 Å². The first kappa shape index (κ1) is 14.8. The number of hydrogen-bond donors (Lipinski definition) is 1. The number of rotatable bonds is 6. The van der Waals surface area contributed by atoms with Crippen molar-refractivity contribution in [2.45, 2.75) is 40.3 Å². The minimum absolute atomic E-state index is 0.314. The molecule has 0 fully saturated rings. The Morgan fingerprint density at radius 2 is 1.85 bits per heavy atom. The first-order valence-corrected chi connectivity index (χ1v) is 7.36. The molecule has 2 aromatic rings. The molecule has 3 nitrogen and oxygen atoms in total. The molecule has 0 aliphatic rings. The van der Waals surface area contributed by atoms with Crippen molar-refractivity contribution in [3.63, 3.8) is 0 Å². The molecule has 1 heterocycles. The minimum Gasteiger partial charge on any atom is -0.326 e. The van der Waals surface area contributed by atoms with E-state index in [0.717, 1.165) is 13.1 Å². The Bertz CT molecular complexity index is 525. The lowest BCUT2D eigenvalue weighted by atomic mass is 10.1. The molecule has 20 heavy (non-hydrogen) atoms. The molecule has 1 atom stereocenters. The molecule has 0 aliphatic heterocycles. The quantitative estimate of drug-likeness (QED) is 0.871. The summed E-state index contributed by atoms with van der Waals surface area (Å²) in [6.07, 6.45) is 3.88. The fourth-order valence-electron chi connectivity index (χ4n) is 2.31. The van der Waals surface area contributed by atoms with E-state index in [1.165, 1.54) is 16.8 Å². The van der Waals surface area contributed by atoms with Crippen LogP contribution in [0.25, 0.3) is 0 Å². The van der Waals surface area contributed by atoms with Gasteiger partial charge in [0.2, 0.25) is 0 Å². The van der Waals surface area contributed by atoms with Crippen molar-refractivity contribution in [2.75, 3.05) is 6.54 Å². The van der Waals surface area contributed by atoms with E-state index in [2.05, 4.69) is 66.8 Å². The third-order valence-electron chi connectivity index (χ3n) is 3.58. The molecule has 1 aromatic carbocycles. The normalized spacial score (nSPS) is 12.8. The zero-order valence-electron chi connectivity index (χ0n) is 12.9. The van der Waals surface area contributed by atoms with Gasteiger partial charge in [0.25, 0.3) is 0 Å². The third-order valence-corrected chi connectivity index (χ3v) is 3.58. The largest absolute Gasteiger partial charge is 0.326 e. The average Bonchev–Trinajstić information content (AvgIpc) is 2.87. The monoisotopic (exact) mass is 271 g/mol. The maximum atomic E-state index is 4.31. The summed E-state index contributed by atoms with van der Waals surface area (Å²) in [5.74, 6) is 0.667. The molecule has 1 unspecified atom stereocenters. The fraction of sp³-hybridized carbons (Fsp3) is 0.471. The lowest BCUT2D eigenvalue weighted by Gasteiger charge is -2.18. The average molecular weight is 271 g/mol. The maximum Gasteiger partial charge on any atom is 0.0954 e. The number of imidazole rings is 1. The van der Waals surface area contributed by atoms with Crippen molar-refractivity contribution >= 4 is 0 Å². The van der Waals surface area contributed by atoms with Gasteiger partial charge in [-0.3, -0.25) is 0 Å². The summed E-state index contributed by atoms with van der Waals surface area (Å²) < 4.78 is 2.25. The molecule has 0 amide bonds. The van der Waals surface area contributed by atoms with Crippen molar-refractivity contribution < 1.29 is 0 Å². The van der Waals surface area contributed by atoms with E-state index < -0.39 is 0 Å². The molecule has 3 heteroatoms. The van der Waals surface area contributed by atoms with Gasteiger partial charge in [-0.15, -0.1) is 0 Å². The second kappa shape index (κ2) is 6.71. The second-order valence-corrected chi connectivity index (χ2v) is 5.90. The fourth-order valence-corrected chi connectivity index (χ4v) is 2.31. The molecule has 0 radical (unpaired) electrons. The number of aromatic nitrogens is 2. The highest BCUT2D eigenvalue weighted by Crippen LogP contribution is 2.20. The molecule has 1 aromatic heterocycles. The van der Waals surface area contributed by atoms with Crippen LogP contribution in [0.1, 0.15) is 43.6 Å². The predicted molar refractivity (Wildman–Crippen MR) is 83.8 cm³/mol. The Hall–Kier alpha value is -1.61. The molecule has 0 bridgehead atoms. The van der Waals surface area contributed by atoms with Gasteiger partial charge in [0.15, 0.2) is 0 Å². The second-order valence-electron chi connectivity index (χ2n) is 5.90. The van der Waals surface area contributed by atoms with E-state index in [4.69, 9.17) is 0 Å². The molecule has 0 saturated carbocycles. The van der Waals surface area contributed by atoms with E-state index in [1.807, 2.05) is 12.5 Å². The van der Waals surface area contributed by atoms with Crippen LogP contribution in [0.5, 0.6) is 0 Å². The topological polar surface area (TPSA) is 29.9 Å². The van der Waals surface area contributed by atoms with Crippen molar-refractivity contribution in [2.24, 2.45) is 5.92 Å². The zero-order chi connectivity index (χ0) is 14.5. The van der Waals surface area contributed by atoms with Crippen LogP contribution in [0.2, 0.25) is 0 Å². The van der Waals surface area contributed by atoms with E-state index >= 15 is 0 Å². The van der Waals surface area contributed by atoms with Crippen LogP contribution in [-0.4, -0.2) is 16.1 Å². The van der Waals surface area contributed by atoms with Gasteiger partial charge >= 0.3 is 0 Å². The molecule has 108 valence electrons. The summed E-state index contributed by atoms with van der Waals surface area (Å²) >= 11 is 0. The van der Waals surface area contributed by atoms with E-state index in [-0.39, 0.29) is 0 Å². The van der Waals surface area contributed by atoms with Crippen LogP contribution in [-0.2, 0) is 6.54 Å². The first-order valence-electron chi connectivity index (χ1n) is 7.36. The summed E-state index contributed by atoms with van der Waals surface area (Å²) in [6, 6.07) is 9.05. The smallest absolute Gasteiger partial charge is 0.0954 e. The van der Waals surface area contributed by atoms with Gasteiger partial charge in [0, 0.05) is 12.7 Å². The SMILES string of the molecule is Cc1ccc(C(C)n2cncc2CNCC(C)C)cc1. The number of nitrogens with zero attached hydrogens (tertiary/aromatic N) is 2. The summed E-state index contributed by atoms with van der Waals surface area (Å²) in [7, 11) is 0. The molecular formula is C17H25N3. The molecule has 1 N–H and O–H groups in total. The van der Waals surface area contributed by atoms with Crippen LogP contribution < -0.4 is 5.32 Å². The molecule has 2 rings (SSSR count). The van der Waals surface area contributed by atoms with Crippen molar-refractivity contribution in [3.05, 3.63) is 53.6 Å². The first-order chi connectivity index (χ1) is 9.58. The molecule has 0 aliphatic carbocycles. The van der Waals surface area contributed by atoms with Crippen molar-refractivity contribution in [1.29, 1.82) is 0 Å². The maximum absolute atomic E-state index is 4.31. The summed E-state index contributed by atoms with van der Waals surface area (Å²) in [6.45, 7) is 10.7. The number of hydrogen-bond acceptors (Lipinski definition) is 2. The Balaban J connectivity index is 2.08. The highest BCUT2D eigenvalue weighted by molar-refractivity contribution is 5.25. The van der Waals surface area contributed by atoms with E-state index in [9.17, 15) is 0 Å². The van der Waals surface area contributed by atoms with Gasteiger partial charge < -0.3 is 9.88 Å². The van der Waals surface area contributed by atoms with E-state index in [1.54, 1.807) is 0 Å². The zero-order valence-corrected chi connectivity index (χ0v) is 12.9. The highest BCUT2D eigenvalue weighted by Gasteiger charge is 2.11. The van der Waals surface area contributed by atoms with Crippen molar-refractivity contribution in [3.8, 4) is 0 Å². The van der Waals surface area contributed by atoms with Gasteiger partial charge in [0.05, 0.1) is 18.1 Å². The summed E-state index contributed by atoms with van der Waals surface area (Å²) in [5.41, 5.74) is 3.85. The molecular weight excluding hydrogens is 246 g/mol. The van der Waals surface area contributed by atoms with Gasteiger partial charge in [-0.25, -0.2) is 4.98 Å². The highest BCUT2D eigenvalue weighted by atomic mass is 15.1. The van der Waals surface area contributed by atoms with E-state index in [0.29, 0.717) is 12.0 Å². The van der Waals surface area contributed by atoms with Crippen LogP contribution in [0, 0.1) is 12.8 Å². The number of benzene rings is 1. The Morgan fingerprint density at radius 3 is 2.50 bits per heavy atom. The Kier molecular flexibility index (Phi) is 4.96. The van der Waals surface area contributed by atoms with Gasteiger partial charge in [-0.2, -0.15) is 0 Å². The standard InChI is InChI=1S/C17H25N3/c1-13(2)9-18-10-17-11-19-12-20(17)15(4)16-7-5-14(3)6-8-16/h5-8,11-13,15,18H,9-10H2,1-4H3. The summed E-state index contributed by atoms with van der Waals surface area (Å²) in [5, 5.41) is 3.48.